The Morgan fingerprint density at radius 3 is 2.73 bits per heavy atom. The van der Waals surface area contributed by atoms with Crippen molar-refractivity contribution >= 4 is 0 Å². The molecule has 0 unspecified atom stereocenters. The normalized spacial score (nSPS) is 13.0. The Morgan fingerprint density at radius 1 is 1.55 bits per heavy atom. The number of hydrogen-bond acceptors (Lipinski definition) is 4. The van der Waals surface area contributed by atoms with E-state index in [4.69, 9.17) is 5.73 Å². The number of aliphatic hydroxyl groups is 1. The molecule has 0 aliphatic carbocycles. The molecule has 0 saturated heterocycles. The lowest BCUT2D eigenvalue weighted by Gasteiger charge is -2.05. The van der Waals surface area contributed by atoms with Gasteiger partial charge in [-0.2, -0.15) is 0 Å². The molecule has 1 rings (SSSR count). The molecule has 0 radical (unpaired) electrons. The summed E-state index contributed by atoms with van der Waals surface area (Å²) in [7, 11) is 0. The summed E-state index contributed by atoms with van der Waals surface area (Å²) >= 11 is 0. The predicted octanol–water partition coefficient (Wildman–Crippen LogP) is -0.223. The fraction of sp³-hybridized carbons (Fsp3) is 0.429. The van der Waals surface area contributed by atoms with E-state index in [9.17, 15) is 5.11 Å². The van der Waals surface area contributed by atoms with Crippen LogP contribution in [0.3, 0.4) is 0 Å². The second kappa shape index (κ2) is 3.41. The first kappa shape index (κ1) is 8.10. The van der Waals surface area contributed by atoms with E-state index in [2.05, 4.69) is 9.97 Å². The van der Waals surface area contributed by atoms with Gasteiger partial charge in [-0.3, -0.25) is 9.97 Å². The van der Waals surface area contributed by atoms with Crippen LogP contribution in [0.5, 0.6) is 0 Å². The van der Waals surface area contributed by atoms with E-state index >= 15 is 0 Å². The molecule has 11 heavy (non-hydrogen) atoms. The standard InChI is InChI=1S/C7H11N3O/c1-5-3-10-6(4-9-5)7(11)2-8/h3-4,7,11H,2,8H2,1H3/t7-/m0/s1. The zero-order chi connectivity index (χ0) is 8.27. The molecule has 4 nitrogen and oxygen atoms in total. The molecule has 60 valence electrons. The van der Waals surface area contributed by atoms with Crippen LogP contribution in [0.4, 0.5) is 0 Å². The van der Waals surface area contributed by atoms with Gasteiger partial charge in [0.2, 0.25) is 0 Å². The van der Waals surface area contributed by atoms with Gasteiger partial charge >= 0.3 is 0 Å². The molecule has 0 aromatic carbocycles. The number of aromatic nitrogens is 2. The predicted molar refractivity (Wildman–Crippen MR) is 40.8 cm³/mol. The van der Waals surface area contributed by atoms with Crippen molar-refractivity contribution in [1.82, 2.24) is 9.97 Å². The van der Waals surface area contributed by atoms with Crippen molar-refractivity contribution in [3.05, 3.63) is 23.8 Å². The molecular weight excluding hydrogens is 142 g/mol. The highest BCUT2D eigenvalue weighted by molar-refractivity contribution is 5.03. The molecule has 1 atom stereocenters. The third-order valence-electron chi connectivity index (χ3n) is 1.37. The van der Waals surface area contributed by atoms with Crippen LogP contribution >= 0.6 is 0 Å². The van der Waals surface area contributed by atoms with E-state index in [1.165, 1.54) is 6.20 Å². The largest absolute Gasteiger partial charge is 0.385 e. The van der Waals surface area contributed by atoms with E-state index in [0.717, 1.165) is 5.69 Å². The van der Waals surface area contributed by atoms with Crippen molar-refractivity contribution in [2.45, 2.75) is 13.0 Å². The topological polar surface area (TPSA) is 72.0 Å². The minimum atomic E-state index is -0.692. The summed E-state index contributed by atoms with van der Waals surface area (Å²) in [6.07, 6.45) is 2.45. The number of nitrogens with two attached hydrogens (primary N) is 1. The SMILES string of the molecule is Cc1cnc([C@@H](O)CN)cn1. The summed E-state index contributed by atoms with van der Waals surface area (Å²) in [6, 6.07) is 0. The van der Waals surface area contributed by atoms with Crippen molar-refractivity contribution in [3.63, 3.8) is 0 Å². The Balaban J connectivity index is 2.81. The molecule has 0 aliphatic rings. The van der Waals surface area contributed by atoms with Gasteiger partial charge in [-0.25, -0.2) is 0 Å². The highest BCUT2D eigenvalue weighted by atomic mass is 16.3. The van der Waals surface area contributed by atoms with Gasteiger partial charge in [0.05, 0.1) is 17.6 Å². The maximum atomic E-state index is 9.19. The maximum Gasteiger partial charge on any atom is 0.110 e. The van der Waals surface area contributed by atoms with Gasteiger partial charge in [0.15, 0.2) is 0 Å². The Morgan fingerprint density at radius 2 is 2.27 bits per heavy atom. The van der Waals surface area contributed by atoms with E-state index in [1.807, 2.05) is 6.92 Å². The highest BCUT2D eigenvalue weighted by Gasteiger charge is 2.05. The second-order valence-corrected chi connectivity index (χ2v) is 2.33. The summed E-state index contributed by atoms with van der Waals surface area (Å²) < 4.78 is 0. The molecule has 1 heterocycles. The average molecular weight is 153 g/mol. The summed E-state index contributed by atoms with van der Waals surface area (Å²) in [5.41, 5.74) is 6.58. The number of aliphatic hydroxyl groups excluding tert-OH is 1. The quantitative estimate of drug-likeness (QED) is 0.616. The van der Waals surface area contributed by atoms with Crippen molar-refractivity contribution in [2.75, 3.05) is 6.54 Å². The van der Waals surface area contributed by atoms with Gasteiger partial charge in [0, 0.05) is 12.7 Å². The van der Waals surface area contributed by atoms with E-state index < -0.39 is 6.10 Å². The Hall–Kier alpha value is -1.00. The van der Waals surface area contributed by atoms with Gasteiger partial charge in [-0.05, 0) is 6.92 Å². The van der Waals surface area contributed by atoms with Gasteiger partial charge in [-0.1, -0.05) is 0 Å². The lowest BCUT2D eigenvalue weighted by atomic mass is 10.2. The Bertz CT molecular complexity index is 222. The first-order chi connectivity index (χ1) is 5.24. The van der Waals surface area contributed by atoms with Crippen LogP contribution in [0.25, 0.3) is 0 Å². The zero-order valence-electron chi connectivity index (χ0n) is 6.36. The highest BCUT2D eigenvalue weighted by Crippen LogP contribution is 2.05. The lowest BCUT2D eigenvalue weighted by molar-refractivity contribution is 0.181. The number of hydrogen-bond donors (Lipinski definition) is 2. The number of rotatable bonds is 2. The van der Waals surface area contributed by atoms with Crippen LogP contribution in [0.2, 0.25) is 0 Å². The fourth-order valence-corrected chi connectivity index (χ4v) is 0.695. The summed E-state index contributed by atoms with van der Waals surface area (Å²) in [4.78, 5) is 7.93. The van der Waals surface area contributed by atoms with E-state index in [-0.39, 0.29) is 6.54 Å². The monoisotopic (exact) mass is 153 g/mol. The first-order valence-corrected chi connectivity index (χ1v) is 3.40. The van der Waals surface area contributed by atoms with Crippen molar-refractivity contribution in [2.24, 2.45) is 5.73 Å². The van der Waals surface area contributed by atoms with Gasteiger partial charge < -0.3 is 10.8 Å². The molecule has 0 fully saturated rings. The van der Waals surface area contributed by atoms with Crippen LogP contribution in [-0.2, 0) is 0 Å². The Kier molecular flexibility index (Phi) is 2.51. The molecule has 3 N–H and O–H groups in total. The van der Waals surface area contributed by atoms with Gasteiger partial charge in [0.1, 0.15) is 6.10 Å². The van der Waals surface area contributed by atoms with E-state index in [0.29, 0.717) is 5.69 Å². The van der Waals surface area contributed by atoms with Gasteiger partial charge in [0.25, 0.3) is 0 Å². The number of nitrogens with zero attached hydrogens (tertiary/aromatic N) is 2. The smallest absolute Gasteiger partial charge is 0.110 e. The molecular formula is C7H11N3O. The molecule has 0 aliphatic heterocycles. The van der Waals surface area contributed by atoms with Crippen LogP contribution in [0.1, 0.15) is 17.5 Å². The maximum absolute atomic E-state index is 9.19. The van der Waals surface area contributed by atoms with Crippen LogP contribution in [0.15, 0.2) is 12.4 Å². The third-order valence-corrected chi connectivity index (χ3v) is 1.37. The number of aryl methyl sites for hydroxylation is 1. The summed E-state index contributed by atoms with van der Waals surface area (Å²) in [5, 5.41) is 9.19. The molecule has 0 bridgehead atoms. The van der Waals surface area contributed by atoms with Gasteiger partial charge in [-0.15, -0.1) is 0 Å². The van der Waals surface area contributed by atoms with Crippen molar-refractivity contribution in [3.8, 4) is 0 Å². The van der Waals surface area contributed by atoms with Crippen molar-refractivity contribution < 1.29 is 5.11 Å². The molecule has 0 saturated carbocycles. The zero-order valence-corrected chi connectivity index (χ0v) is 6.36. The summed E-state index contributed by atoms with van der Waals surface area (Å²) in [6.45, 7) is 2.02. The second-order valence-electron chi connectivity index (χ2n) is 2.33. The first-order valence-electron chi connectivity index (χ1n) is 3.40. The Labute approximate surface area is 65.1 Å². The van der Waals surface area contributed by atoms with Crippen LogP contribution < -0.4 is 5.73 Å². The molecule has 0 amide bonds. The summed E-state index contributed by atoms with van der Waals surface area (Å²) in [5.74, 6) is 0. The lowest BCUT2D eigenvalue weighted by Crippen LogP contribution is -2.13. The minimum Gasteiger partial charge on any atom is -0.385 e. The average Bonchev–Trinajstić information content (AvgIpc) is 2.05. The molecule has 1 aromatic rings. The molecule has 4 heteroatoms. The van der Waals surface area contributed by atoms with Crippen molar-refractivity contribution in [1.29, 1.82) is 0 Å². The molecule has 0 spiro atoms. The fourth-order valence-electron chi connectivity index (χ4n) is 0.695. The third kappa shape index (κ3) is 1.96. The van der Waals surface area contributed by atoms with E-state index in [1.54, 1.807) is 6.20 Å². The van der Waals surface area contributed by atoms with Crippen LogP contribution in [-0.4, -0.2) is 21.6 Å². The van der Waals surface area contributed by atoms with Crippen LogP contribution in [0, 0.1) is 6.92 Å². The molecule has 1 aromatic heterocycles. The minimum absolute atomic E-state index is 0.178.